The fraction of sp³-hybridized carbons (Fsp3) is 0.129. The SMILES string of the molecule is O=C1Oc2ccc3ccccc3c2C2=C[C@H](c3ccccc3)[C@@H]3C(=O)N(c4ccc(Cl)cc4)C(=O)[C@H]3[C@@H]12. The predicted molar refractivity (Wildman–Crippen MR) is 141 cm³/mol. The Bertz CT molecular complexity index is 1640. The molecule has 0 saturated carbocycles. The maximum absolute atomic E-state index is 14.0. The first-order chi connectivity index (χ1) is 18.0. The topological polar surface area (TPSA) is 63.7 Å². The second kappa shape index (κ2) is 8.15. The summed E-state index contributed by atoms with van der Waals surface area (Å²) in [7, 11) is 0. The molecule has 0 radical (unpaired) electrons. The van der Waals surface area contributed by atoms with E-state index in [0.29, 0.717) is 16.5 Å². The van der Waals surface area contributed by atoms with Gasteiger partial charge in [-0.1, -0.05) is 78.3 Å². The minimum absolute atomic E-state index is 0.321. The molecule has 1 saturated heterocycles. The number of rotatable bonds is 2. The Morgan fingerprint density at radius 1 is 0.730 bits per heavy atom. The minimum atomic E-state index is -0.881. The Morgan fingerprint density at radius 3 is 2.22 bits per heavy atom. The van der Waals surface area contributed by atoms with E-state index in [2.05, 4.69) is 0 Å². The number of esters is 1. The number of imide groups is 1. The number of fused-ring (bicyclic) bond motifs is 7. The molecule has 2 amide bonds. The highest BCUT2D eigenvalue weighted by atomic mass is 35.5. The predicted octanol–water partition coefficient (Wildman–Crippen LogP) is 6.02. The number of allylic oxidation sites excluding steroid dienone is 1. The largest absolute Gasteiger partial charge is 0.425 e. The molecule has 3 aliphatic rings. The molecule has 4 aromatic rings. The number of carbonyl (C=O) groups excluding carboxylic acids is 3. The Kier molecular flexibility index (Phi) is 4.85. The maximum Gasteiger partial charge on any atom is 0.319 e. The number of hydrogen-bond acceptors (Lipinski definition) is 4. The van der Waals surface area contributed by atoms with E-state index >= 15 is 0 Å². The fourth-order valence-electron chi connectivity index (χ4n) is 6.18. The second-order valence-electron chi connectivity index (χ2n) is 9.66. The van der Waals surface area contributed by atoms with Crippen LogP contribution in [-0.2, 0) is 14.4 Å². The number of benzene rings is 4. The highest BCUT2D eigenvalue weighted by molar-refractivity contribution is 6.31. The minimum Gasteiger partial charge on any atom is -0.425 e. The number of amides is 2. The molecule has 180 valence electrons. The van der Waals surface area contributed by atoms with E-state index in [-0.39, 0.29) is 11.8 Å². The van der Waals surface area contributed by atoms with Crippen molar-refractivity contribution in [1.82, 2.24) is 0 Å². The van der Waals surface area contributed by atoms with Crippen molar-refractivity contribution in [2.45, 2.75) is 5.92 Å². The van der Waals surface area contributed by atoms with Crippen LogP contribution >= 0.6 is 11.6 Å². The molecule has 6 heteroatoms. The van der Waals surface area contributed by atoms with E-state index in [9.17, 15) is 14.4 Å². The van der Waals surface area contributed by atoms with Crippen molar-refractivity contribution in [3.05, 3.63) is 113 Å². The van der Waals surface area contributed by atoms with Crippen LogP contribution in [0, 0.1) is 17.8 Å². The lowest BCUT2D eigenvalue weighted by atomic mass is 9.64. The van der Waals surface area contributed by atoms with Crippen LogP contribution < -0.4 is 9.64 Å². The summed E-state index contributed by atoms with van der Waals surface area (Å²) in [4.78, 5) is 42.7. The van der Waals surface area contributed by atoms with Gasteiger partial charge in [0.25, 0.3) is 0 Å². The first kappa shape index (κ1) is 22.0. The lowest BCUT2D eigenvalue weighted by Crippen LogP contribution is -2.42. The van der Waals surface area contributed by atoms with Gasteiger partial charge < -0.3 is 4.74 Å². The van der Waals surface area contributed by atoms with E-state index < -0.39 is 29.6 Å². The van der Waals surface area contributed by atoms with E-state index in [1.807, 2.05) is 66.7 Å². The van der Waals surface area contributed by atoms with Gasteiger partial charge in [0.15, 0.2) is 0 Å². The molecule has 0 aromatic heterocycles. The number of hydrogen-bond donors (Lipinski definition) is 0. The first-order valence-corrected chi connectivity index (χ1v) is 12.5. The molecule has 2 heterocycles. The summed E-state index contributed by atoms with van der Waals surface area (Å²) in [6, 6.07) is 27.9. The number of carbonyl (C=O) groups is 3. The number of halogens is 1. The molecule has 37 heavy (non-hydrogen) atoms. The summed E-state index contributed by atoms with van der Waals surface area (Å²) in [6.45, 7) is 0. The molecule has 2 aliphatic heterocycles. The standard InChI is InChI=1S/C31H20ClNO4/c32-19-11-13-20(14-12-19)33-29(34)26-22(17-6-2-1-3-7-17)16-23-25-21-9-5-4-8-18(21)10-15-24(25)37-31(36)27(23)28(26)30(33)35/h1-16,22,26-28H/t22-,26+,27+,28-/m1/s1. The van der Waals surface area contributed by atoms with Gasteiger partial charge in [0.2, 0.25) is 11.8 Å². The maximum atomic E-state index is 14.0. The zero-order chi connectivity index (χ0) is 25.3. The normalized spacial score (nSPS) is 24.3. The molecule has 1 fully saturated rings. The van der Waals surface area contributed by atoms with Gasteiger partial charge in [-0.05, 0) is 52.2 Å². The van der Waals surface area contributed by atoms with Crippen molar-refractivity contribution in [1.29, 1.82) is 0 Å². The van der Waals surface area contributed by atoms with Crippen LogP contribution in [0.2, 0.25) is 5.02 Å². The molecular formula is C31H20ClNO4. The van der Waals surface area contributed by atoms with Gasteiger partial charge in [0, 0.05) is 16.5 Å². The number of nitrogens with zero attached hydrogens (tertiary/aromatic N) is 1. The van der Waals surface area contributed by atoms with Crippen molar-refractivity contribution >= 4 is 51.4 Å². The van der Waals surface area contributed by atoms with Gasteiger partial charge in [-0.3, -0.25) is 14.4 Å². The van der Waals surface area contributed by atoms with Gasteiger partial charge in [0.05, 0.1) is 23.4 Å². The fourth-order valence-corrected chi connectivity index (χ4v) is 6.30. The quantitative estimate of drug-likeness (QED) is 0.190. The molecule has 5 nitrogen and oxygen atoms in total. The first-order valence-electron chi connectivity index (χ1n) is 12.2. The van der Waals surface area contributed by atoms with Crippen LogP contribution in [0.25, 0.3) is 16.3 Å². The van der Waals surface area contributed by atoms with Crippen molar-refractivity contribution < 1.29 is 19.1 Å². The molecule has 4 aromatic carbocycles. The van der Waals surface area contributed by atoms with Gasteiger partial charge in [0.1, 0.15) is 5.75 Å². The lowest BCUT2D eigenvalue weighted by Gasteiger charge is -2.38. The van der Waals surface area contributed by atoms with Crippen LogP contribution in [0.15, 0.2) is 97.1 Å². The van der Waals surface area contributed by atoms with Crippen LogP contribution in [0.3, 0.4) is 0 Å². The van der Waals surface area contributed by atoms with E-state index in [1.54, 1.807) is 30.3 Å². The van der Waals surface area contributed by atoms with Crippen molar-refractivity contribution in [3.8, 4) is 5.75 Å². The molecule has 1 aliphatic carbocycles. The monoisotopic (exact) mass is 505 g/mol. The molecule has 0 N–H and O–H groups in total. The Morgan fingerprint density at radius 2 is 1.43 bits per heavy atom. The van der Waals surface area contributed by atoms with Crippen molar-refractivity contribution in [2.75, 3.05) is 4.90 Å². The summed E-state index contributed by atoms with van der Waals surface area (Å²) in [5.41, 5.74) is 2.92. The van der Waals surface area contributed by atoms with Crippen LogP contribution in [-0.4, -0.2) is 17.8 Å². The van der Waals surface area contributed by atoms with Crippen LogP contribution in [0.4, 0.5) is 5.69 Å². The second-order valence-corrected chi connectivity index (χ2v) is 10.1. The number of anilines is 1. The Labute approximate surface area is 217 Å². The van der Waals surface area contributed by atoms with Gasteiger partial charge in [-0.2, -0.15) is 0 Å². The van der Waals surface area contributed by atoms with E-state index in [1.165, 1.54) is 4.90 Å². The average molecular weight is 506 g/mol. The van der Waals surface area contributed by atoms with E-state index in [4.69, 9.17) is 16.3 Å². The van der Waals surface area contributed by atoms with E-state index in [0.717, 1.165) is 27.5 Å². The van der Waals surface area contributed by atoms with Gasteiger partial charge in [-0.25, -0.2) is 4.90 Å². The summed E-state index contributed by atoms with van der Waals surface area (Å²) < 4.78 is 5.82. The summed E-state index contributed by atoms with van der Waals surface area (Å²) in [5, 5.41) is 2.46. The summed E-state index contributed by atoms with van der Waals surface area (Å²) in [6.07, 6.45) is 2.02. The molecule has 7 rings (SSSR count). The lowest BCUT2D eigenvalue weighted by molar-refractivity contribution is -0.142. The van der Waals surface area contributed by atoms with Crippen LogP contribution in [0.5, 0.6) is 5.75 Å². The molecule has 0 bridgehead atoms. The Balaban J connectivity index is 1.47. The van der Waals surface area contributed by atoms with Gasteiger partial charge in [-0.15, -0.1) is 0 Å². The highest BCUT2D eigenvalue weighted by Gasteiger charge is 2.60. The zero-order valence-electron chi connectivity index (χ0n) is 19.5. The third-order valence-electron chi connectivity index (χ3n) is 7.75. The van der Waals surface area contributed by atoms with Crippen LogP contribution in [0.1, 0.15) is 17.0 Å². The zero-order valence-corrected chi connectivity index (χ0v) is 20.3. The average Bonchev–Trinajstić information content (AvgIpc) is 3.19. The third kappa shape index (κ3) is 3.20. The van der Waals surface area contributed by atoms with Gasteiger partial charge >= 0.3 is 5.97 Å². The molecule has 0 spiro atoms. The molecule has 4 atom stereocenters. The molecular weight excluding hydrogens is 486 g/mol. The molecule has 0 unspecified atom stereocenters. The van der Waals surface area contributed by atoms with Crippen molar-refractivity contribution in [3.63, 3.8) is 0 Å². The summed E-state index contributed by atoms with van der Waals surface area (Å²) >= 11 is 6.06. The number of ether oxygens (including phenoxy) is 1. The highest BCUT2D eigenvalue weighted by Crippen LogP contribution is 2.55. The summed E-state index contributed by atoms with van der Waals surface area (Å²) in [5.74, 6) is -3.62. The van der Waals surface area contributed by atoms with Crippen molar-refractivity contribution in [2.24, 2.45) is 17.8 Å². The third-order valence-corrected chi connectivity index (χ3v) is 8.00. The smallest absolute Gasteiger partial charge is 0.319 e. The Hall–Kier alpha value is -4.22.